The average Bonchev–Trinajstić information content (AvgIpc) is 2.92. The number of imide groups is 1. The highest BCUT2D eigenvalue weighted by atomic mass is 32.2. The number of hydrogen-bond donors (Lipinski definition) is 1. The smallest absolute Gasteiger partial charge is 0.319 e. The minimum Gasteiger partial charge on any atom is -0.319 e. The van der Waals surface area contributed by atoms with Crippen LogP contribution in [0.25, 0.3) is 0 Å². The number of nitrogens with zero attached hydrogens (tertiary/aromatic N) is 1. The van der Waals surface area contributed by atoms with E-state index in [1.807, 2.05) is 13.0 Å². The summed E-state index contributed by atoms with van der Waals surface area (Å²) >= 11 is 0. The number of carbonyl (C=O) groups is 2. The van der Waals surface area contributed by atoms with Crippen LogP contribution in [0.4, 0.5) is 4.79 Å². The molecule has 3 rings (SSSR count). The lowest BCUT2D eigenvalue weighted by Crippen LogP contribution is -2.43. The largest absolute Gasteiger partial charge is 0.325 e. The van der Waals surface area contributed by atoms with Gasteiger partial charge in [-0.3, -0.25) is 9.69 Å². The third-order valence-electron chi connectivity index (χ3n) is 4.66. The number of carbonyl (C=O) groups excluding carboxylic acids is 2. The van der Waals surface area contributed by atoms with E-state index >= 15 is 0 Å². The second-order valence-electron chi connectivity index (χ2n) is 6.14. The summed E-state index contributed by atoms with van der Waals surface area (Å²) in [6.45, 7) is 1.63. The monoisotopic (exact) mass is 372 g/mol. The fraction of sp³-hybridized carbons (Fsp3) is 0.263. The summed E-state index contributed by atoms with van der Waals surface area (Å²) in [6.07, 6.45) is 0.378. The van der Waals surface area contributed by atoms with Crippen molar-refractivity contribution in [3.63, 3.8) is 0 Å². The molecule has 3 amide bonds. The van der Waals surface area contributed by atoms with Crippen LogP contribution in [-0.4, -0.2) is 37.6 Å². The zero-order valence-corrected chi connectivity index (χ0v) is 15.2. The third kappa shape index (κ3) is 3.10. The highest BCUT2D eigenvalue weighted by Crippen LogP contribution is 2.32. The Labute approximate surface area is 152 Å². The van der Waals surface area contributed by atoms with Crippen LogP contribution < -0.4 is 5.32 Å². The quantitative estimate of drug-likeness (QED) is 0.789. The van der Waals surface area contributed by atoms with Crippen molar-refractivity contribution in [2.45, 2.75) is 23.8 Å². The highest BCUT2D eigenvalue weighted by molar-refractivity contribution is 7.91. The molecule has 1 atom stereocenters. The molecule has 1 saturated heterocycles. The molecule has 0 spiro atoms. The summed E-state index contributed by atoms with van der Waals surface area (Å²) in [6, 6.07) is 16.4. The standard InChI is InChI=1S/C19H20N2O4S/c1-2-19(15-9-5-3-6-10-15)17(22)21(18(23)20-19)13-14-26(24,25)16-11-7-4-8-12-16/h3-12H,2,13-14H2,1H3,(H,20,23). The number of hydrogen-bond acceptors (Lipinski definition) is 4. The van der Waals surface area contributed by atoms with Crippen LogP contribution in [0.1, 0.15) is 18.9 Å². The van der Waals surface area contributed by atoms with Gasteiger partial charge in [0.1, 0.15) is 5.54 Å². The van der Waals surface area contributed by atoms with Crippen LogP contribution in [0.3, 0.4) is 0 Å². The van der Waals surface area contributed by atoms with Gasteiger partial charge in [0, 0.05) is 6.54 Å². The van der Waals surface area contributed by atoms with Crippen LogP contribution >= 0.6 is 0 Å². The molecule has 1 heterocycles. The SMILES string of the molecule is CCC1(c2ccccc2)NC(=O)N(CCS(=O)(=O)c2ccccc2)C1=O. The Morgan fingerprint density at radius 3 is 2.12 bits per heavy atom. The van der Waals surface area contributed by atoms with Gasteiger partial charge >= 0.3 is 6.03 Å². The molecule has 1 unspecified atom stereocenters. The zero-order valence-electron chi connectivity index (χ0n) is 14.4. The lowest BCUT2D eigenvalue weighted by molar-refractivity contribution is -0.131. The van der Waals surface area contributed by atoms with Crippen molar-refractivity contribution >= 4 is 21.8 Å². The first kappa shape index (κ1) is 18.1. The maximum atomic E-state index is 13.0. The van der Waals surface area contributed by atoms with Crippen molar-refractivity contribution in [3.05, 3.63) is 66.2 Å². The van der Waals surface area contributed by atoms with E-state index in [9.17, 15) is 18.0 Å². The number of rotatable bonds is 6. The Bertz CT molecular complexity index is 913. The fourth-order valence-corrected chi connectivity index (χ4v) is 4.38. The molecule has 0 radical (unpaired) electrons. The Morgan fingerprint density at radius 2 is 1.54 bits per heavy atom. The van der Waals surface area contributed by atoms with Crippen LogP contribution in [0.5, 0.6) is 0 Å². The van der Waals surface area contributed by atoms with Gasteiger partial charge in [0.25, 0.3) is 5.91 Å². The van der Waals surface area contributed by atoms with Gasteiger partial charge in [0.05, 0.1) is 10.6 Å². The minimum atomic E-state index is -3.58. The minimum absolute atomic E-state index is 0.178. The predicted molar refractivity (Wildman–Crippen MR) is 97.2 cm³/mol. The fourth-order valence-electron chi connectivity index (χ4n) is 3.15. The molecule has 1 fully saturated rings. The van der Waals surface area contributed by atoms with E-state index < -0.39 is 27.3 Å². The first-order valence-electron chi connectivity index (χ1n) is 8.38. The molecule has 1 aliphatic rings. The van der Waals surface area contributed by atoms with Crippen molar-refractivity contribution in [1.82, 2.24) is 10.2 Å². The summed E-state index contributed by atoms with van der Waals surface area (Å²) in [4.78, 5) is 26.5. The van der Waals surface area contributed by atoms with E-state index in [2.05, 4.69) is 5.32 Å². The van der Waals surface area contributed by atoms with E-state index in [1.165, 1.54) is 12.1 Å². The van der Waals surface area contributed by atoms with Crippen molar-refractivity contribution in [2.24, 2.45) is 0 Å². The second-order valence-corrected chi connectivity index (χ2v) is 8.25. The van der Waals surface area contributed by atoms with Crippen molar-refractivity contribution in [2.75, 3.05) is 12.3 Å². The first-order chi connectivity index (χ1) is 12.4. The summed E-state index contributed by atoms with van der Waals surface area (Å²) in [5.41, 5.74) is -0.455. The van der Waals surface area contributed by atoms with E-state index in [1.54, 1.807) is 42.5 Å². The molecular formula is C19H20N2O4S. The molecule has 0 bridgehead atoms. The molecule has 0 aromatic heterocycles. The summed E-state index contributed by atoms with van der Waals surface area (Å²) in [5, 5.41) is 2.75. The number of sulfone groups is 1. The number of amides is 3. The molecule has 0 aliphatic carbocycles. The molecule has 1 N–H and O–H groups in total. The number of nitrogens with one attached hydrogen (secondary N) is 1. The average molecular weight is 372 g/mol. The number of urea groups is 1. The molecule has 2 aromatic rings. The molecule has 2 aromatic carbocycles. The molecule has 6 nitrogen and oxygen atoms in total. The summed E-state index contributed by atoms with van der Waals surface area (Å²) in [7, 11) is -3.58. The summed E-state index contributed by atoms with van der Waals surface area (Å²) in [5.74, 6) is -0.732. The highest BCUT2D eigenvalue weighted by Gasteiger charge is 2.51. The van der Waals surface area contributed by atoms with E-state index in [4.69, 9.17) is 0 Å². The second kappa shape index (κ2) is 6.92. The van der Waals surface area contributed by atoms with E-state index in [0.717, 1.165) is 4.90 Å². The molecular weight excluding hydrogens is 352 g/mol. The molecule has 1 aliphatic heterocycles. The maximum Gasteiger partial charge on any atom is 0.325 e. The van der Waals surface area contributed by atoms with E-state index in [-0.39, 0.29) is 17.2 Å². The van der Waals surface area contributed by atoms with E-state index in [0.29, 0.717) is 12.0 Å². The Balaban J connectivity index is 1.82. The summed E-state index contributed by atoms with van der Waals surface area (Å²) < 4.78 is 24.9. The predicted octanol–water partition coefficient (Wildman–Crippen LogP) is 2.32. The van der Waals surface area contributed by atoms with Gasteiger partial charge in [0.15, 0.2) is 9.84 Å². The van der Waals surface area contributed by atoms with Gasteiger partial charge in [-0.15, -0.1) is 0 Å². The van der Waals surface area contributed by atoms with Crippen molar-refractivity contribution in [3.8, 4) is 0 Å². The normalized spacial score (nSPS) is 20.3. The lowest BCUT2D eigenvalue weighted by Gasteiger charge is -2.25. The molecule has 26 heavy (non-hydrogen) atoms. The zero-order chi connectivity index (χ0) is 18.8. The Hall–Kier alpha value is -2.67. The van der Waals surface area contributed by atoms with Gasteiger partial charge in [-0.05, 0) is 24.1 Å². The number of benzene rings is 2. The van der Waals surface area contributed by atoms with Gasteiger partial charge in [0.2, 0.25) is 0 Å². The molecule has 7 heteroatoms. The maximum absolute atomic E-state index is 13.0. The van der Waals surface area contributed by atoms with Gasteiger partial charge < -0.3 is 5.32 Å². The molecule has 136 valence electrons. The van der Waals surface area contributed by atoms with Crippen molar-refractivity contribution < 1.29 is 18.0 Å². The molecule has 0 saturated carbocycles. The Morgan fingerprint density at radius 1 is 0.962 bits per heavy atom. The van der Waals surface area contributed by atoms with Crippen LogP contribution in [0.2, 0.25) is 0 Å². The lowest BCUT2D eigenvalue weighted by atomic mass is 9.87. The topological polar surface area (TPSA) is 83.6 Å². The first-order valence-corrected chi connectivity index (χ1v) is 10.0. The third-order valence-corrected chi connectivity index (χ3v) is 6.37. The van der Waals surface area contributed by atoms with Crippen LogP contribution in [-0.2, 0) is 20.2 Å². The Kier molecular flexibility index (Phi) is 4.82. The van der Waals surface area contributed by atoms with Crippen LogP contribution in [0, 0.1) is 0 Å². The van der Waals surface area contributed by atoms with Gasteiger partial charge in [-0.1, -0.05) is 55.5 Å². The van der Waals surface area contributed by atoms with Crippen LogP contribution in [0.15, 0.2) is 65.6 Å². The van der Waals surface area contributed by atoms with Gasteiger partial charge in [-0.25, -0.2) is 13.2 Å². The van der Waals surface area contributed by atoms with Crippen molar-refractivity contribution in [1.29, 1.82) is 0 Å². The van der Waals surface area contributed by atoms with Gasteiger partial charge in [-0.2, -0.15) is 0 Å².